The smallest absolute Gasteiger partial charge is 0.253 e. The van der Waals surface area contributed by atoms with Gasteiger partial charge in [-0.2, -0.15) is 0 Å². The van der Waals surface area contributed by atoms with E-state index in [4.69, 9.17) is 10.6 Å². The van der Waals surface area contributed by atoms with Gasteiger partial charge in [0.25, 0.3) is 5.91 Å². The predicted molar refractivity (Wildman–Crippen MR) is 73.9 cm³/mol. The molecule has 0 atom stereocenters. The van der Waals surface area contributed by atoms with Crippen molar-refractivity contribution in [1.29, 1.82) is 0 Å². The molecule has 104 valence electrons. The second kappa shape index (κ2) is 6.04. The summed E-state index contributed by atoms with van der Waals surface area (Å²) in [5, 5.41) is 1.74. The molecular weight excluding hydrogens is 242 g/mol. The topological polar surface area (TPSA) is 58.8 Å². The van der Waals surface area contributed by atoms with E-state index in [-0.39, 0.29) is 12.0 Å². The lowest BCUT2D eigenvalue weighted by Crippen LogP contribution is -2.51. The molecule has 5 heteroatoms. The zero-order valence-electron chi connectivity index (χ0n) is 11.5. The lowest BCUT2D eigenvalue weighted by Gasteiger charge is -2.32. The molecule has 1 amide bonds. The van der Waals surface area contributed by atoms with Gasteiger partial charge in [0.15, 0.2) is 0 Å². The van der Waals surface area contributed by atoms with Crippen LogP contribution in [0.3, 0.4) is 0 Å². The van der Waals surface area contributed by atoms with Crippen molar-refractivity contribution in [2.45, 2.75) is 20.0 Å². The van der Waals surface area contributed by atoms with Crippen LogP contribution in [0.4, 0.5) is 0 Å². The van der Waals surface area contributed by atoms with Crippen LogP contribution in [0.25, 0.3) is 0 Å². The van der Waals surface area contributed by atoms with Crippen LogP contribution in [0, 0.1) is 0 Å². The third-order valence-electron chi connectivity index (χ3n) is 3.07. The molecule has 1 aliphatic rings. The van der Waals surface area contributed by atoms with Gasteiger partial charge in [-0.3, -0.25) is 10.6 Å². The maximum absolute atomic E-state index is 12.3. The molecule has 1 aliphatic heterocycles. The van der Waals surface area contributed by atoms with Gasteiger partial charge in [0.05, 0.1) is 6.10 Å². The Morgan fingerprint density at radius 3 is 2.26 bits per heavy atom. The average Bonchev–Trinajstić information content (AvgIpc) is 2.39. The van der Waals surface area contributed by atoms with E-state index in [0.29, 0.717) is 18.7 Å². The Balaban J connectivity index is 1.99. The van der Waals surface area contributed by atoms with Crippen molar-refractivity contribution in [3.8, 4) is 5.75 Å². The first-order valence-corrected chi connectivity index (χ1v) is 6.62. The highest BCUT2D eigenvalue weighted by Crippen LogP contribution is 2.15. The fourth-order valence-corrected chi connectivity index (χ4v) is 2.06. The van der Waals surface area contributed by atoms with Crippen LogP contribution in [0.2, 0.25) is 0 Å². The first-order valence-electron chi connectivity index (χ1n) is 6.62. The Labute approximate surface area is 113 Å². The number of nitrogens with zero attached hydrogens (tertiary/aromatic N) is 2. The fraction of sp³-hybridized carbons (Fsp3) is 0.500. The molecule has 1 aromatic rings. The predicted octanol–water partition coefficient (Wildman–Crippen LogP) is 1.11. The fourth-order valence-electron chi connectivity index (χ4n) is 2.06. The second-order valence-corrected chi connectivity index (χ2v) is 5.02. The molecule has 2 N–H and O–H groups in total. The number of carbonyl (C=O) groups excluding carboxylic acids is 1. The third kappa shape index (κ3) is 3.68. The Morgan fingerprint density at radius 1 is 1.16 bits per heavy atom. The van der Waals surface area contributed by atoms with Gasteiger partial charge in [-0.15, -0.1) is 0 Å². The van der Waals surface area contributed by atoms with E-state index in [1.165, 1.54) is 0 Å². The van der Waals surface area contributed by atoms with Crippen LogP contribution in [0.1, 0.15) is 24.2 Å². The van der Waals surface area contributed by atoms with Gasteiger partial charge in [-0.05, 0) is 38.1 Å². The second-order valence-electron chi connectivity index (χ2n) is 5.02. The number of hydrogen-bond donors (Lipinski definition) is 1. The van der Waals surface area contributed by atoms with Crippen LogP contribution < -0.4 is 10.6 Å². The number of hydrazine groups is 1. The van der Waals surface area contributed by atoms with E-state index in [9.17, 15) is 4.79 Å². The number of piperazine rings is 1. The van der Waals surface area contributed by atoms with Crippen molar-refractivity contribution in [2.24, 2.45) is 5.84 Å². The van der Waals surface area contributed by atoms with Crippen molar-refractivity contribution in [2.75, 3.05) is 26.2 Å². The Hall–Kier alpha value is -1.59. The molecule has 0 spiro atoms. The number of amides is 1. The van der Waals surface area contributed by atoms with Gasteiger partial charge < -0.3 is 9.64 Å². The molecule has 1 saturated heterocycles. The van der Waals surface area contributed by atoms with Crippen molar-refractivity contribution in [3.63, 3.8) is 0 Å². The highest BCUT2D eigenvalue weighted by molar-refractivity contribution is 5.94. The van der Waals surface area contributed by atoms with Gasteiger partial charge in [-0.25, -0.2) is 5.01 Å². The minimum Gasteiger partial charge on any atom is -0.491 e. The summed E-state index contributed by atoms with van der Waals surface area (Å²) in [5.74, 6) is 6.53. The van der Waals surface area contributed by atoms with E-state index >= 15 is 0 Å². The molecule has 19 heavy (non-hydrogen) atoms. The summed E-state index contributed by atoms with van der Waals surface area (Å²) in [6.45, 7) is 6.76. The van der Waals surface area contributed by atoms with Crippen LogP contribution >= 0.6 is 0 Å². The monoisotopic (exact) mass is 263 g/mol. The molecule has 0 unspecified atom stereocenters. The lowest BCUT2D eigenvalue weighted by molar-refractivity contribution is 0.0638. The van der Waals surface area contributed by atoms with Gasteiger partial charge in [0.2, 0.25) is 0 Å². The number of benzene rings is 1. The van der Waals surface area contributed by atoms with Crippen LogP contribution in [0.15, 0.2) is 24.3 Å². The molecule has 0 radical (unpaired) electrons. The van der Waals surface area contributed by atoms with Gasteiger partial charge in [0.1, 0.15) is 5.75 Å². The maximum Gasteiger partial charge on any atom is 0.253 e. The number of rotatable bonds is 3. The normalized spacial score (nSPS) is 16.7. The summed E-state index contributed by atoms with van der Waals surface area (Å²) >= 11 is 0. The molecule has 0 aromatic heterocycles. The summed E-state index contributed by atoms with van der Waals surface area (Å²) < 4.78 is 5.56. The number of nitrogens with two attached hydrogens (primary N) is 1. The summed E-state index contributed by atoms with van der Waals surface area (Å²) in [5.41, 5.74) is 0.696. The summed E-state index contributed by atoms with van der Waals surface area (Å²) in [6.07, 6.45) is 0.138. The van der Waals surface area contributed by atoms with Crippen molar-refractivity contribution in [1.82, 2.24) is 9.91 Å². The number of carbonyl (C=O) groups is 1. The average molecular weight is 263 g/mol. The SMILES string of the molecule is CC(C)Oc1ccc(C(=O)N2CCN(N)CC2)cc1. The molecule has 0 aliphatic carbocycles. The Morgan fingerprint density at radius 2 is 1.74 bits per heavy atom. The van der Waals surface area contributed by atoms with Crippen LogP contribution in [0.5, 0.6) is 5.75 Å². The molecule has 1 heterocycles. The van der Waals surface area contributed by atoms with E-state index in [0.717, 1.165) is 18.8 Å². The highest BCUT2D eigenvalue weighted by atomic mass is 16.5. The summed E-state index contributed by atoms with van der Waals surface area (Å²) in [6, 6.07) is 7.31. The van der Waals surface area contributed by atoms with Gasteiger partial charge in [0, 0.05) is 31.7 Å². The highest BCUT2D eigenvalue weighted by Gasteiger charge is 2.20. The van der Waals surface area contributed by atoms with Crippen molar-refractivity contribution >= 4 is 5.91 Å². The molecular formula is C14H21N3O2. The zero-order chi connectivity index (χ0) is 13.8. The molecule has 0 bridgehead atoms. The Bertz CT molecular complexity index is 423. The minimum absolute atomic E-state index is 0.0594. The first-order chi connectivity index (χ1) is 9.06. The third-order valence-corrected chi connectivity index (χ3v) is 3.07. The standard InChI is InChI=1S/C14H21N3O2/c1-11(2)19-13-5-3-12(4-6-13)14(18)16-7-9-17(15)10-8-16/h3-6,11H,7-10,15H2,1-2H3. The number of ether oxygens (including phenoxy) is 1. The molecule has 5 nitrogen and oxygen atoms in total. The maximum atomic E-state index is 12.3. The Kier molecular flexibility index (Phi) is 4.39. The quantitative estimate of drug-likeness (QED) is 0.830. The molecule has 0 saturated carbocycles. The van der Waals surface area contributed by atoms with E-state index in [1.807, 2.05) is 43.0 Å². The molecule has 1 fully saturated rings. The zero-order valence-corrected chi connectivity index (χ0v) is 11.5. The minimum atomic E-state index is 0.0594. The molecule has 2 rings (SSSR count). The number of hydrogen-bond acceptors (Lipinski definition) is 4. The van der Waals surface area contributed by atoms with Gasteiger partial charge >= 0.3 is 0 Å². The van der Waals surface area contributed by atoms with Gasteiger partial charge in [-0.1, -0.05) is 0 Å². The van der Waals surface area contributed by atoms with Crippen LogP contribution in [-0.4, -0.2) is 48.1 Å². The summed E-state index contributed by atoms with van der Waals surface area (Å²) in [7, 11) is 0. The van der Waals surface area contributed by atoms with Crippen molar-refractivity contribution < 1.29 is 9.53 Å². The van der Waals surface area contributed by atoms with Crippen molar-refractivity contribution in [3.05, 3.63) is 29.8 Å². The summed E-state index contributed by atoms with van der Waals surface area (Å²) in [4.78, 5) is 14.1. The molecule has 1 aromatic carbocycles. The van der Waals surface area contributed by atoms with Crippen LogP contribution in [-0.2, 0) is 0 Å². The largest absolute Gasteiger partial charge is 0.491 e. The van der Waals surface area contributed by atoms with E-state index in [2.05, 4.69) is 0 Å². The van der Waals surface area contributed by atoms with E-state index in [1.54, 1.807) is 5.01 Å². The first kappa shape index (κ1) is 13.8. The van der Waals surface area contributed by atoms with E-state index < -0.39 is 0 Å². The lowest BCUT2D eigenvalue weighted by atomic mass is 10.1.